The molecule has 0 saturated heterocycles. The summed E-state index contributed by atoms with van der Waals surface area (Å²) in [5, 5.41) is 22.3. The van der Waals surface area contributed by atoms with E-state index < -0.39 is 0 Å². The quantitative estimate of drug-likeness (QED) is 0.776. The van der Waals surface area contributed by atoms with Gasteiger partial charge in [0.1, 0.15) is 11.9 Å². The maximum Gasteiger partial charge on any atom is 0.157 e. The van der Waals surface area contributed by atoms with Gasteiger partial charge in [-0.05, 0) is 37.1 Å². The summed E-state index contributed by atoms with van der Waals surface area (Å²) in [6.45, 7) is 3.99. The van der Waals surface area contributed by atoms with Gasteiger partial charge in [0.25, 0.3) is 0 Å². The number of pyridine rings is 1. The number of fused-ring (bicyclic) bond motifs is 3. The van der Waals surface area contributed by atoms with Crippen LogP contribution in [0, 0.1) is 18.3 Å². The Kier molecular flexibility index (Phi) is 3.70. The molecule has 0 radical (unpaired) electrons. The number of benzene rings is 1. The summed E-state index contributed by atoms with van der Waals surface area (Å²) in [5.41, 5.74) is 3.91. The van der Waals surface area contributed by atoms with Crippen molar-refractivity contribution in [2.75, 3.05) is 11.9 Å². The Hall–Kier alpha value is -2.58. The third kappa shape index (κ3) is 2.18. The van der Waals surface area contributed by atoms with E-state index in [1.165, 1.54) is 0 Å². The maximum absolute atomic E-state index is 9.45. The molecule has 5 heteroatoms. The minimum atomic E-state index is -0.0308. The van der Waals surface area contributed by atoms with E-state index in [0.717, 1.165) is 28.8 Å². The van der Waals surface area contributed by atoms with Crippen LogP contribution >= 0.6 is 0 Å². The Labute approximate surface area is 128 Å². The molecule has 1 atom stereocenters. The molecule has 2 N–H and O–H groups in total. The van der Waals surface area contributed by atoms with Gasteiger partial charge in [-0.25, -0.2) is 4.98 Å². The monoisotopic (exact) mass is 294 g/mol. The van der Waals surface area contributed by atoms with E-state index in [9.17, 15) is 10.4 Å². The van der Waals surface area contributed by atoms with E-state index >= 15 is 0 Å². The minimum absolute atomic E-state index is 0.0308. The molecule has 0 fully saturated rings. The molecule has 0 amide bonds. The average Bonchev–Trinajstić information content (AvgIpc) is 2.91. The molecule has 112 valence electrons. The first-order chi connectivity index (χ1) is 10.7. The Morgan fingerprint density at radius 3 is 2.86 bits per heavy atom. The van der Waals surface area contributed by atoms with Crippen molar-refractivity contribution >= 4 is 22.5 Å². The fourth-order valence-corrected chi connectivity index (χ4v) is 2.69. The Balaban J connectivity index is 2.34. The zero-order valence-corrected chi connectivity index (χ0v) is 12.7. The molecule has 0 aliphatic carbocycles. The van der Waals surface area contributed by atoms with Crippen LogP contribution in [0.15, 0.2) is 30.3 Å². The number of imidazole rings is 1. The lowest BCUT2D eigenvalue weighted by Gasteiger charge is -2.18. The third-order valence-electron chi connectivity index (χ3n) is 3.95. The van der Waals surface area contributed by atoms with Gasteiger partial charge in [-0.1, -0.05) is 19.1 Å². The minimum Gasteiger partial charge on any atom is -0.394 e. The number of nitriles is 1. The highest BCUT2D eigenvalue weighted by Crippen LogP contribution is 2.27. The number of rotatable bonds is 4. The molecular formula is C17H18N4O. The molecule has 0 unspecified atom stereocenters. The Morgan fingerprint density at radius 2 is 2.18 bits per heavy atom. The molecular weight excluding hydrogens is 276 g/mol. The van der Waals surface area contributed by atoms with Gasteiger partial charge in [-0.3, -0.25) is 4.40 Å². The first kappa shape index (κ1) is 14.4. The van der Waals surface area contributed by atoms with Crippen LogP contribution in [-0.4, -0.2) is 27.1 Å². The highest BCUT2D eigenvalue weighted by molar-refractivity contribution is 5.85. The average molecular weight is 294 g/mol. The zero-order valence-electron chi connectivity index (χ0n) is 12.7. The van der Waals surface area contributed by atoms with Gasteiger partial charge < -0.3 is 10.4 Å². The van der Waals surface area contributed by atoms with Crippen LogP contribution in [-0.2, 0) is 0 Å². The zero-order chi connectivity index (χ0) is 15.7. The number of aryl methyl sites for hydroxylation is 1. The molecule has 3 rings (SSSR count). The van der Waals surface area contributed by atoms with Gasteiger partial charge in [0.05, 0.1) is 29.2 Å². The lowest BCUT2D eigenvalue weighted by molar-refractivity contribution is 0.271. The molecule has 0 aliphatic heterocycles. The first-order valence-corrected chi connectivity index (χ1v) is 7.37. The van der Waals surface area contributed by atoms with E-state index in [1.54, 1.807) is 0 Å². The van der Waals surface area contributed by atoms with E-state index in [2.05, 4.69) is 16.4 Å². The van der Waals surface area contributed by atoms with Gasteiger partial charge in [0, 0.05) is 0 Å². The third-order valence-corrected chi connectivity index (χ3v) is 3.95. The largest absolute Gasteiger partial charge is 0.394 e. The number of nitrogens with one attached hydrogen (secondary N) is 1. The van der Waals surface area contributed by atoms with Gasteiger partial charge >= 0.3 is 0 Å². The fraction of sp³-hybridized carbons (Fsp3) is 0.294. The van der Waals surface area contributed by atoms with Crippen LogP contribution in [0.25, 0.3) is 16.7 Å². The molecule has 2 aromatic heterocycles. The summed E-state index contributed by atoms with van der Waals surface area (Å²) in [6, 6.07) is 12.0. The molecule has 5 nitrogen and oxygen atoms in total. The van der Waals surface area contributed by atoms with Crippen LogP contribution in [0.1, 0.15) is 24.5 Å². The Morgan fingerprint density at radius 1 is 1.41 bits per heavy atom. The van der Waals surface area contributed by atoms with Crippen LogP contribution in [0.4, 0.5) is 5.82 Å². The lowest BCUT2D eigenvalue weighted by atomic mass is 10.1. The summed E-state index contributed by atoms with van der Waals surface area (Å²) in [6.07, 6.45) is 0.809. The summed E-state index contributed by atoms with van der Waals surface area (Å²) in [4.78, 5) is 4.60. The van der Waals surface area contributed by atoms with Crippen LogP contribution in [0.2, 0.25) is 0 Å². The van der Waals surface area contributed by atoms with Crippen molar-refractivity contribution in [1.82, 2.24) is 9.38 Å². The number of anilines is 1. The topological polar surface area (TPSA) is 73.3 Å². The molecule has 1 aromatic carbocycles. The summed E-state index contributed by atoms with van der Waals surface area (Å²) < 4.78 is 1.96. The second-order valence-electron chi connectivity index (χ2n) is 5.39. The van der Waals surface area contributed by atoms with Crippen molar-refractivity contribution in [1.29, 1.82) is 5.26 Å². The summed E-state index contributed by atoms with van der Waals surface area (Å²) in [7, 11) is 0. The second kappa shape index (κ2) is 5.66. The van der Waals surface area contributed by atoms with Gasteiger partial charge in [0.2, 0.25) is 0 Å². The normalized spacial score (nSPS) is 12.5. The SMILES string of the molecule is CC[C@H](CO)Nc1cc(C)c(C#N)c2nc3ccccc3n12. The van der Waals surface area contributed by atoms with Crippen LogP contribution in [0.3, 0.4) is 0 Å². The predicted molar refractivity (Wildman–Crippen MR) is 86.9 cm³/mol. The lowest BCUT2D eigenvalue weighted by Crippen LogP contribution is -2.24. The van der Waals surface area contributed by atoms with E-state index in [4.69, 9.17) is 0 Å². The van der Waals surface area contributed by atoms with Crippen molar-refractivity contribution in [3.05, 3.63) is 41.5 Å². The molecule has 0 spiro atoms. The standard InChI is InChI=1S/C17H18N4O/c1-3-12(10-22)19-16-8-11(2)13(9-18)17-20-14-6-4-5-7-15(14)21(16)17/h4-8,12,19,22H,3,10H2,1-2H3/t12-/m1/s1. The highest BCUT2D eigenvalue weighted by atomic mass is 16.3. The number of aliphatic hydroxyl groups excluding tert-OH is 1. The molecule has 2 heterocycles. The Bertz CT molecular complexity index is 872. The van der Waals surface area contributed by atoms with Crippen molar-refractivity contribution in [2.45, 2.75) is 26.3 Å². The van der Waals surface area contributed by atoms with Crippen LogP contribution in [0.5, 0.6) is 0 Å². The highest BCUT2D eigenvalue weighted by Gasteiger charge is 2.16. The van der Waals surface area contributed by atoms with Crippen molar-refractivity contribution < 1.29 is 5.11 Å². The maximum atomic E-state index is 9.45. The molecule has 22 heavy (non-hydrogen) atoms. The van der Waals surface area contributed by atoms with Crippen LogP contribution < -0.4 is 5.32 Å². The molecule has 0 saturated carbocycles. The van der Waals surface area contributed by atoms with Crippen molar-refractivity contribution in [3.8, 4) is 6.07 Å². The second-order valence-corrected chi connectivity index (χ2v) is 5.39. The van der Waals surface area contributed by atoms with Crippen molar-refractivity contribution in [3.63, 3.8) is 0 Å². The summed E-state index contributed by atoms with van der Waals surface area (Å²) >= 11 is 0. The number of nitrogens with zero attached hydrogens (tertiary/aromatic N) is 3. The predicted octanol–water partition coefficient (Wildman–Crippen LogP) is 2.85. The number of aliphatic hydroxyl groups is 1. The van der Waals surface area contributed by atoms with E-state index in [0.29, 0.717) is 11.2 Å². The molecule has 0 aliphatic rings. The summed E-state index contributed by atoms with van der Waals surface area (Å²) in [5.74, 6) is 0.848. The van der Waals surface area contributed by atoms with Crippen molar-refractivity contribution in [2.24, 2.45) is 0 Å². The number of aromatic nitrogens is 2. The molecule has 0 bridgehead atoms. The van der Waals surface area contributed by atoms with E-state index in [-0.39, 0.29) is 12.6 Å². The van der Waals surface area contributed by atoms with E-state index in [1.807, 2.05) is 48.6 Å². The molecule has 3 aromatic rings. The fourth-order valence-electron chi connectivity index (χ4n) is 2.69. The first-order valence-electron chi connectivity index (χ1n) is 7.37. The number of para-hydroxylation sites is 2. The number of hydrogen-bond acceptors (Lipinski definition) is 4. The smallest absolute Gasteiger partial charge is 0.157 e. The number of hydrogen-bond donors (Lipinski definition) is 2. The van der Waals surface area contributed by atoms with Gasteiger partial charge in [-0.2, -0.15) is 5.26 Å². The van der Waals surface area contributed by atoms with Gasteiger partial charge in [-0.15, -0.1) is 0 Å². The van der Waals surface area contributed by atoms with Gasteiger partial charge in [0.15, 0.2) is 5.65 Å².